The van der Waals surface area contributed by atoms with Crippen LogP contribution in [0, 0.1) is 0 Å². The lowest BCUT2D eigenvalue weighted by molar-refractivity contribution is 0.483. The Morgan fingerprint density at radius 2 is 1.95 bits per heavy atom. The van der Waals surface area contributed by atoms with Gasteiger partial charge in [-0.15, -0.1) is 0 Å². The van der Waals surface area contributed by atoms with Crippen LogP contribution in [-0.2, 0) is 19.5 Å². The molecule has 1 aromatic rings. The minimum Gasteiger partial charge on any atom is -0.310 e. The molecule has 0 fully saturated rings. The molecule has 0 aromatic carbocycles. The van der Waals surface area contributed by atoms with E-state index in [2.05, 4.69) is 55.1 Å². The summed E-state index contributed by atoms with van der Waals surface area (Å²) in [6.45, 7) is 11.8. The standard InChI is InChI=1S/C15H29N3S/c1-6-13-10-14(18(9-4)17-13)11-16-12-15(7-2,8-3)19-5/h10,16H,6-9,11-12H2,1-5H3. The second-order valence-corrected chi connectivity index (χ2v) is 6.27. The van der Waals surface area contributed by atoms with E-state index in [-0.39, 0.29) is 0 Å². The molecule has 0 saturated heterocycles. The van der Waals surface area contributed by atoms with E-state index >= 15 is 0 Å². The fourth-order valence-corrected chi connectivity index (χ4v) is 3.21. The lowest BCUT2D eigenvalue weighted by Crippen LogP contribution is -2.36. The minimum atomic E-state index is 0.380. The molecule has 1 N–H and O–H groups in total. The van der Waals surface area contributed by atoms with Gasteiger partial charge in [-0.1, -0.05) is 20.8 Å². The van der Waals surface area contributed by atoms with Gasteiger partial charge in [-0.05, 0) is 38.5 Å². The summed E-state index contributed by atoms with van der Waals surface area (Å²) in [5, 5.41) is 8.22. The van der Waals surface area contributed by atoms with Gasteiger partial charge in [0.25, 0.3) is 0 Å². The molecule has 0 spiro atoms. The molecule has 1 aromatic heterocycles. The quantitative estimate of drug-likeness (QED) is 0.752. The van der Waals surface area contributed by atoms with E-state index in [1.165, 1.54) is 24.2 Å². The Hall–Kier alpha value is -0.480. The molecule has 4 heteroatoms. The van der Waals surface area contributed by atoms with E-state index in [9.17, 15) is 0 Å². The monoisotopic (exact) mass is 283 g/mol. The number of rotatable bonds is 9. The van der Waals surface area contributed by atoms with Gasteiger partial charge in [-0.3, -0.25) is 4.68 Å². The first-order valence-corrected chi connectivity index (χ1v) is 8.68. The van der Waals surface area contributed by atoms with Gasteiger partial charge in [0, 0.05) is 24.4 Å². The number of hydrogen-bond donors (Lipinski definition) is 1. The van der Waals surface area contributed by atoms with Gasteiger partial charge in [0.2, 0.25) is 0 Å². The zero-order chi connectivity index (χ0) is 14.3. The number of hydrogen-bond acceptors (Lipinski definition) is 3. The molecule has 0 aliphatic carbocycles. The fraction of sp³-hybridized carbons (Fsp3) is 0.800. The van der Waals surface area contributed by atoms with Crippen molar-refractivity contribution in [3.05, 3.63) is 17.5 Å². The number of thioether (sulfide) groups is 1. The van der Waals surface area contributed by atoms with E-state index in [0.717, 1.165) is 26.1 Å². The van der Waals surface area contributed by atoms with E-state index in [0.29, 0.717) is 4.75 Å². The Labute approximate surface area is 122 Å². The third-order valence-corrected chi connectivity index (χ3v) is 5.64. The second-order valence-electron chi connectivity index (χ2n) is 4.99. The maximum Gasteiger partial charge on any atom is 0.0625 e. The van der Waals surface area contributed by atoms with Gasteiger partial charge in [-0.25, -0.2) is 0 Å². The molecule has 3 nitrogen and oxygen atoms in total. The normalized spacial score (nSPS) is 12.1. The van der Waals surface area contributed by atoms with Crippen molar-refractivity contribution in [3.8, 4) is 0 Å². The van der Waals surface area contributed by atoms with E-state index in [4.69, 9.17) is 0 Å². The molecule has 0 unspecified atom stereocenters. The third-order valence-electron chi connectivity index (χ3n) is 4.05. The number of aromatic nitrogens is 2. The van der Waals surface area contributed by atoms with Gasteiger partial charge in [-0.2, -0.15) is 16.9 Å². The lowest BCUT2D eigenvalue weighted by atomic mass is 10.0. The van der Waals surface area contributed by atoms with Crippen molar-refractivity contribution in [3.63, 3.8) is 0 Å². The third kappa shape index (κ3) is 4.25. The van der Waals surface area contributed by atoms with E-state index in [1.807, 2.05) is 11.8 Å². The minimum absolute atomic E-state index is 0.380. The van der Waals surface area contributed by atoms with Crippen molar-refractivity contribution >= 4 is 11.8 Å². The summed E-state index contributed by atoms with van der Waals surface area (Å²) in [6, 6.07) is 2.23. The number of aryl methyl sites for hydroxylation is 2. The first-order chi connectivity index (χ1) is 9.14. The topological polar surface area (TPSA) is 29.9 Å². The summed E-state index contributed by atoms with van der Waals surface area (Å²) in [6.07, 6.45) is 5.66. The van der Waals surface area contributed by atoms with Crippen molar-refractivity contribution < 1.29 is 0 Å². The summed E-state index contributed by atoms with van der Waals surface area (Å²) in [7, 11) is 0. The Morgan fingerprint density at radius 1 is 1.26 bits per heavy atom. The SMILES string of the molecule is CCc1cc(CNCC(CC)(CC)SC)n(CC)n1. The van der Waals surface area contributed by atoms with Crippen LogP contribution in [0.25, 0.3) is 0 Å². The highest BCUT2D eigenvalue weighted by atomic mass is 32.2. The van der Waals surface area contributed by atoms with Crippen LogP contribution in [0.1, 0.15) is 51.9 Å². The molecular formula is C15H29N3S. The molecule has 0 saturated carbocycles. The zero-order valence-electron chi connectivity index (χ0n) is 13.1. The van der Waals surface area contributed by atoms with Crippen LogP contribution < -0.4 is 5.32 Å². The highest BCUT2D eigenvalue weighted by molar-refractivity contribution is 8.00. The second kappa shape index (κ2) is 7.95. The van der Waals surface area contributed by atoms with Gasteiger partial charge in [0.1, 0.15) is 0 Å². The average Bonchev–Trinajstić information content (AvgIpc) is 2.86. The lowest BCUT2D eigenvalue weighted by Gasteiger charge is -2.30. The van der Waals surface area contributed by atoms with Gasteiger partial charge in [0.15, 0.2) is 0 Å². The van der Waals surface area contributed by atoms with Crippen LogP contribution in [0.4, 0.5) is 0 Å². The Balaban J connectivity index is 2.59. The predicted molar refractivity (Wildman–Crippen MR) is 85.8 cm³/mol. The summed E-state index contributed by atoms with van der Waals surface area (Å²) < 4.78 is 2.50. The van der Waals surface area contributed by atoms with Crippen molar-refractivity contribution in [2.24, 2.45) is 0 Å². The van der Waals surface area contributed by atoms with Gasteiger partial charge < -0.3 is 5.32 Å². The summed E-state index contributed by atoms with van der Waals surface area (Å²) in [5.41, 5.74) is 2.50. The maximum absolute atomic E-state index is 4.59. The molecule has 0 atom stereocenters. The molecule has 0 bridgehead atoms. The molecular weight excluding hydrogens is 254 g/mol. The molecule has 0 aliphatic heterocycles. The summed E-state index contributed by atoms with van der Waals surface area (Å²) >= 11 is 1.99. The van der Waals surface area contributed by atoms with Crippen molar-refractivity contribution in [1.82, 2.24) is 15.1 Å². The van der Waals surface area contributed by atoms with Crippen LogP contribution in [-0.4, -0.2) is 27.3 Å². The van der Waals surface area contributed by atoms with Gasteiger partial charge in [0.05, 0.1) is 11.4 Å². The largest absolute Gasteiger partial charge is 0.310 e. The Kier molecular flexibility index (Phi) is 6.94. The molecule has 1 rings (SSSR count). The fourth-order valence-electron chi connectivity index (χ4n) is 2.38. The van der Waals surface area contributed by atoms with Crippen molar-refractivity contribution in [1.29, 1.82) is 0 Å². The van der Waals surface area contributed by atoms with Crippen LogP contribution in [0.2, 0.25) is 0 Å². The van der Waals surface area contributed by atoms with Crippen LogP contribution >= 0.6 is 11.8 Å². The Bertz CT molecular complexity index is 361. The number of nitrogens with zero attached hydrogens (tertiary/aromatic N) is 2. The molecule has 0 radical (unpaired) electrons. The molecule has 0 amide bonds. The highest BCUT2D eigenvalue weighted by Crippen LogP contribution is 2.29. The molecule has 1 heterocycles. The van der Waals surface area contributed by atoms with E-state index in [1.54, 1.807) is 0 Å². The van der Waals surface area contributed by atoms with E-state index < -0.39 is 0 Å². The molecule has 110 valence electrons. The first-order valence-electron chi connectivity index (χ1n) is 7.46. The van der Waals surface area contributed by atoms with Crippen molar-refractivity contribution in [2.75, 3.05) is 12.8 Å². The Morgan fingerprint density at radius 3 is 2.42 bits per heavy atom. The summed E-state index contributed by atoms with van der Waals surface area (Å²) in [4.78, 5) is 0. The molecule has 0 aliphatic rings. The van der Waals surface area contributed by atoms with Crippen LogP contribution in [0.15, 0.2) is 6.07 Å². The maximum atomic E-state index is 4.59. The number of nitrogens with one attached hydrogen (secondary N) is 1. The van der Waals surface area contributed by atoms with Crippen LogP contribution in [0.3, 0.4) is 0 Å². The molecule has 19 heavy (non-hydrogen) atoms. The van der Waals surface area contributed by atoms with Crippen molar-refractivity contribution in [2.45, 2.75) is 64.8 Å². The predicted octanol–water partition coefficient (Wildman–Crippen LogP) is 3.48. The van der Waals surface area contributed by atoms with Gasteiger partial charge >= 0.3 is 0 Å². The summed E-state index contributed by atoms with van der Waals surface area (Å²) in [5.74, 6) is 0. The average molecular weight is 283 g/mol. The zero-order valence-corrected chi connectivity index (χ0v) is 13.9. The smallest absolute Gasteiger partial charge is 0.0625 e. The first kappa shape index (κ1) is 16.6. The highest BCUT2D eigenvalue weighted by Gasteiger charge is 2.24. The van der Waals surface area contributed by atoms with Crippen LogP contribution in [0.5, 0.6) is 0 Å².